The van der Waals surface area contributed by atoms with Gasteiger partial charge in [0.15, 0.2) is 0 Å². The van der Waals surface area contributed by atoms with Crippen LogP contribution >= 0.6 is 27.5 Å². The maximum atomic E-state index is 11.1. The van der Waals surface area contributed by atoms with E-state index in [0.29, 0.717) is 15.8 Å². The lowest BCUT2D eigenvalue weighted by atomic mass is 10.2. The molecular formula is C14H11BrClNO3. The van der Waals surface area contributed by atoms with E-state index in [4.69, 9.17) is 16.3 Å². The van der Waals surface area contributed by atoms with Crippen molar-refractivity contribution in [3.8, 4) is 11.5 Å². The van der Waals surface area contributed by atoms with Gasteiger partial charge in [0.1, 0.15) is 5.75 Å². The highest BCUT2D eigenvalue weighted by Crippen LogP contribution is 2.38. The van der Waals surface area contributed by atoms with Crippen molar-refractivity contribution >= 4 is 33.2 Å². The highest BCUT2D eigenvalue weighted by atomic mass is 79.9. The van der Waals surface area contributed by atoms with Crippen LogP contribution in [-0.2, 0) is 5.88 Å². The van der Waals surface area contributed by atoms with Gasteiger partial charge in [-0.25, -0.2) is 0 Å². The molecule has 0 saturated heterocycles. The number of nitrogens with zero attached hydrogens (tertiary/aromatic N) is 1. The molecule has 0 heterocycles. The van der Waals surface area contributed by atoms with Crippen LogP contribution in [0.4, 0.5) is 5.69 Å². The van der Waals surface area contributed by atoms with Crippen molar-refractivity contribution in [3.05, 3.63) is 62.1 Å². The number of nitro groups is 1. The monoisotopic (exact) mass is 355 g/mol. The fourth-order valence-electron chi connectivity index (χ4n) is 1.80. The smallest absolute Gasteiger partial charge is 0.312 e. The molecule has 20 heavy (non-hydrogen) atoms. The van der Waals surface area contributed by atoms with E-state index in [2.05, 4.69) is 15.9 Å². The Bertz CT molecular complexity index is 661. The summed E-state index contributed by atoms with van der Waals surface area (Å²) in [6.45, 7) is 1.76. The number of benzene rings is 2. The first-order valence-corrected chi connectivity index (χ1v) is 7.12. The van der Waals surface area contributed by atoms with E-state index in [9.17, 15) is 10.1 Å². The molecule has 0 bridgehead atoms. The Morgan fingerprint density at radius 3 is 2.70 bits per heavy atom. The first-order chi connectivity index (χ1) is 9.52. The van der Waals surface area contributed by atoms with E-state index in [-0.39, 0.29) is 17.3 Å². The summed E-state index contributed by atoms with van der Waals surface area (Å²) in [6, 6.07) is 10.4. The molecule has 0 aliphatic rings. The molecule has 0 amide bonds. The lowest BCUT2D eigenvalue weighted by Crippen LogP contribution is -1.97. The molecule has 0 radical (unpaired) electrons. The molecule has 0 unspecified atom stereocenters. The lowest BCUT2D eigenvalue weighted by molar-refractivity contribution is -0.385. The van der Waals surface area contributed by atoms with Gasteiger partial charge >= 0.3 is 5.69 Å². The van der Waals surface area contributed by atoms with Crippen LogP contribution in [-0.4, -0.2) is 4.92 Å². The van der Waals surface area contributed by atoms with E-state index in [1.165, 1.54) is 6.07 Å². The van der Waals surface area contributed by atoms with Gasteiger partial charge in [0.25, 0.3) is 0 Å². The standard InChI is InChI=1S/C14H11BrClNO3/c1-9-6-11(15)7-12(17(18)19)14(9)20-13-5-3-2-4-10(13)8-16/h2-7H,8H2,1H3. The molecule has 2 aromatic carbocycles. The summed E-state index contributed by atoms with van der Waals surface area (Å²) in [5.74, 6) is 1.03. The van der Waals surface area contributed by atoms with Crippen molar-refractivity contribution in [1.29, 1.82) is 0 Å². The van der Waals surface area contributed by atoms with Crippen LogP contribution < -0.4 is 4.74 Å². The minimum atomic E-state index is -0.462. The topological polar surface area (TPSA) is 52.4 Å². The summed E-state index contributed by atoms with van der Waals surface area (Å²) in [5, 5.41) is 11.1. The van der Waals surface area contributed by atoms with Gasteiger partial charge in [-0.1, -0.05) is 34.1 Å². The summed E-state index contributed by atoms with van der Waals surface area (Å²) in [4.78, 5) is 10.7. The molecule has 0 spiro atoms. The Balaban J connectivity index is 2.50. The molecule has 0 aliphatic heterocycles. The fourth-order valence-corrected chi connectivity index (χ4v) is 2.59. The number of nitro benzene ring substituents is 1. The van der Waals surface area contributed by atoms with Crippen LogP contribution in [0.15, 0.2) is 40.9 Å². The van der Waals surface area contributed by atoms with Crippen LogP contribution in [0.3, 0.4) is 0 Å². The van der Waals surface area contributed by atoms with Crippen molar-refractivity contribution in [2.75, 3.05) is 0 Å². The third kappa shape index (κ3) is 3.11. The molecule has 2 rings (SSSR count). The summed E-state index contributed by atoms with van der Waals surface area (Å²) in [5.41, 5.74) is 1.38. The zero-order chi connectivity index (χ0) is 14.7. The molecule has 0 saturated carbocycles. The second-order valence-electron chi connectivity index (χ2n) is 4.17. The molecule has 4 nitrogen and oxygen atoms in total. The number of hydrogen-bond acceptors (Lipinski definition) is 3. The first-order valence-electron chi connectivity index (χ1n) is 5.79. The molecule has 0 atom stereocenters. The highest BCUT2D eigenvalue weighted by Gasteiger charge is 2.20. The van der Waals surface area contributed by atoms with Crippen molar-refractivity contribution in [2.24, 2.45) is 0 Å². The van der Waals surface area contributed by atoms with Crippen molar-refractivity contribution in [2.45, 2.75) is 12.8 Å². The van der Waals surface area contributed by atoms with Gasteiger partial charge in [-0.3, -0.25) is 10.1 Å². The van der Waals surface area contributed by atoms with E-state index in [1.807, 2.05) is 12.1 Å². The summed E-state index contributed by atoms with van der Waals surface area (Å²) >= 11 is 9.09. The lowest BCUT2D eigenvalue weighted by Gasteiger charge is -2.12. The zero-order valence-electron chi connectivity index (χ0n) is 10.6. The Labute approximate surface area is 129 Å². The number of para-hydroxylation sites is 1. The number of alkyl halides is 1. The van der Waals surface area contributed by atoms with Gasteiger partial charge in [-0.15, -0.1) is 11.6 Å². The van der Waals surface area contributed by atoms with Gasteiger partial charge in [0, 0.05) is 16.1 Å². The van der Waals surface area contributed by atoms with E-state index < -0.39 is 4.92 Å². The molecule has 104 valence electrons. The molecule has 0 aromatic heterocycles. The molecule has 0 fully saturated rings. The predicted octanol–water partition coefficient (Wildman–Crippen LogP) is 5.20. The van der Waals surface area contributed by atoms with Crippen molar-refractivity contribution in [3.63, 3.8) is 0 Å². The minimum Gasteiger partial charge on any atom is -0.450 e. The summed E-state index contributed by atoms with van der Waals surface area (Å²) in [6.07, 6.45) is 0. The number of aryl methyl sites for hydroxylation is 1. The molecule has 0 N–H and O–H groups in total. The van der Waals surface area contributed by atoms with Gasteiger partial charge in [-0.2, -0.15) is 0 Å². The number of hydrogen-bond donors (Lipinski definition) is 0. The van der Waals surface area contributed by atoms with E-state index in [1.54, 1.807) is 25.1 Å². The Hall–Kier alpha value is -1.59. The number of rotatable bonds is 4. The largest absolute Gasteiger partial charge is 0.450 e. The number of halogens is 2. The van der Waals surface area contributed by atoms with Crippen molar-refractivity contribution < 1.29 is 9.66 Å². The molecule has 6 heteroatoms. The second kappa shape index (κ2) is 6.24. The van der Waals surface area contributed by atoms with Crippen LogP contribution in [0.1, 0.15) is 11.1 Å². The molecule has 0 aliphatic carbocycles. The maximum Gasteiger partial charge on any atom is 0.312 e. The summed E-state index contributed by atoms with van der Waals surface area (Å²) in [7, 11) is 0. The Morgan fingerprint density at radius 1 is 1.35 bits per heavy atom. The quantitative estimate of drug-likeness (QED) is 0.430. The SMILES string of the molecule is Cc1cc(Br)cc([N+](=O)[O-])c1Oc1ccccc1CCl. The molecule has 2 aromatic rings. The zero-order valence-corrected chi connectivity index (χ0v) is 12.9. The summed E-state index contributed by atoms with van der Waals surface area (Å²) < 4.78 is 6.37. The normalized spacial score (nSPS) is 10.3. The van der Waals surface area contributed by atoms with Crippen molar-refractivity contribution in [1.82, 2.24) is 0 Å². The maximum absolute atomic E-state index is 11.1. The Morgan fingerprint density at radius 2 is 2.05 bits per heavy atom. The third-order valence-corrected chi connectivity index (χ3v) is 3.49. The second-order valence-corrected chi connectivity index (χ2v) is 5.35. The fraction of sp³-hybridized carbons (Fsp3) is 0.143. The average Bonchev–Trinajstić information content (AvgIpc) is 2.41. The third-order valence-electron chi connectivity index (χ3n) is 2.75. The Kier molecular flexibility index (Phi) is 4.62. The van der Waals surface area contributed by atoms with Crippen LogP contribution in [0.5, 0.6) is 11.5 Å². The predicted molar refractivity (Wildman–Crippen MR) is 81.6 cm³/mol. The van der Waals surface area contributed by atoms with Gasteiger partial charge < -0.3 is 4.74 Å². The van der Waals surface area contributed by atoms with Crippen LogP contribution in [0, 0.1) is 17.0 Å². The van der Waals surface area contributed by atoms with Gasteiger partial charge in [-0.05, 0) is 24.6 Å². The molecular weight excluding hydrogens is 346 g/mol. The highest BCUT2D eigenvalue weighted by molar-refractivity contribution is 9.10. The van der Waals surface area contributed by atoms with Gasteiger partial charge in [0.05, 0.1) is 10.8 Å². The van der Waals surface area contributed by atoms with Gasteiger partial charge in [0.2, 0.25) is 5.75 Å². The average molecular weight is 357 g/mol. The number of ether oxygens (including phenoxy) is 1. The van der Waals surface area contributed by atoms with Crippen LogP contribution in [0.2, 0.25) is 0 Å². The van der Waals surface area contributed by atoms with E-state index >= 15 is 0 Å². The van der Waals surface area contributed by atoms with Crippen LogP contribution in [0.25, 0.3) is 0 Å². The van der Waals surface area contributed by atoms with E-state index in [0.717, 1.165) is 5.56 Å². The first kappa shape index (κ1) is 14.8. The minimum absolute atomic E-state index is 0.0822.